The van der Waals surface area contributed by atoms with Crippen molar-refractivity contribution in [3.63, 3.8) is 0 Å². The maximum absolute atomic E-state index is 12.4. The molecule has 9 nitrogen and oxygen atoms in total. The summed E-state index contributed by atoms with van der Waals surface area (Å²) in [6.45, 7) is 4.39. The Labute approximate surface area is 149 Å². The number of carbonyl (C=O) groups is 4. The third kappa shape index (κ3) is 4.36. The molecular weight excluding hydrogens is 354 g/mol. The first kappa shape index (κ1) is 19.4. The smallest absolute Gasteiger partial charge is 0.464 e. The number of thioether (sulfide) groups is 1. The highest BCUT2D eigenvalue weighted by Gasteiger charge is 2.61. The van der Waals surface area contributed by atoms with Gasteiger partial charge in [-0.05, 0) is 13.3 Å². The number of hydrogen-bond acceptors (Lipinski definition) is 9. The molecule has 25 heavy (non-hydrogen) atoms. The van der Waals surface area contributed by atoms with E-state index in [0.29, 0.717) is 12.8 Å². The van der Waals surface area contributed by atoms with Crippen molar-refractivity contribution in [3.05, 3.63) is 0 Å². The lowest BCUT2D eigenvalue weighted by atomic mass is 9.97. The fourth-order valence-electron chi connectivity index (χ4n) is 2.64. The van der Waals surface area contributed by atoms with Crippen molar-refractivity contribution in [1.82, 2.24) is 4.90 Å². The van der Waals surface area contributed by atoms with Gasteiger partial charge < -0.3 is 23.8 Å². The standard InChI is InChI=1S/C15H21NO8S/c1-4-5-21-14(20)24-8-23-13(19)12-15(3,7-22-9(2)17)25-11-6-10(18)16(11)12/h11-12H,4-8H2,1-3H3/t11-,12+,15+/m1/s1. The summed E-state index contributed by atoms with van der Waals surface area (Å²) in [6.07, 6.45) is 0.0292. The van der Waals surface area contributed by atoms with Crippen LogP contribution in [0.3, 0.4) is 0 Å². The third-order valence-electron chi connectivity index (χ3n) is 3.80. The quantitative estimate of drug-likeness (QED) is 0.279. The van der Waals surface area contributed by atoms with Crippen molar-refractivity contribution in [2.45, 2.75) is 49.8 Å². The lowest BCUT2D eigenvalue weighted by Gasteiger charge is -2.37. The topological polar surface area (TPSA) is 108 Å². The molecule has 0 N–H and O–H groups in total. The van der Waals surface area contributed by atoms with E-state index in [9.17, 15) is 19.2 Å². The molecule has 1 amide bonds. The molecule has 2 rings (SSSR count). The number of β-lactam (4-membered cyclic amide) rings is 1. The summed E-state index contributed by atoms with van der Waals surface area (Å²) in [5, 5.41) is -0.152. The van der Waals surface area contributed by atoms with E-state index in [-0.39, 0.29) is 24.5 Å². The van der Waals surface area contributed by atoms with Crippen molar-refractivity contribution >= 4 is 35.8 Å². The number of hydrogen-bond donors (Lipinski definition) is 0. The minimum Gasteiger partial charge on any atom is -0.464 e. The molecule has 2 saturated heterocycles. The summed E-state index contributed by atoms with van der Waals surface area (Å²) >= 11 is 1.39. The monoisotopic (exact) mass is 375 g/mol. The van der Waals surface area contributed by atoms with E-state index in [1.165, 1.54) is 23.6 Å². The van der Waals surface area contributed by atoms with Crippen LogP contribution in [0.4, 0.5) is 4.79 Å². The summed E-state index contributed by atoms with van der Waals surface area (Å²) in [5.41, 5.74) is 0. The van der Waals surface area contributed by atoms with Crippen molar-refractivity contribution < 1.29 is 38.1 Å². The average molecular weight is 375 g/mol. The van der Waals surface area contributed by atoms with Crippen LogP contribution in [0.2, 0.25) is 0 Å². The molecule has 0 spiro atoms. The Kier molecular flexibility index (Phi) is 6.15. The maximum atomic E-state index is 12.4. The molecule has 140 valence electrons. The van der Waals surface area contributed by atoms with Gasteiger partial charge in [0.05, 0.1) is 23.1 Å². The van der Waals surface area contributed by atoms with E-state index < -0.39 is 35.7 Å². The van der Waals surface area contributed by atoms with Crippen LogP contribution in [0.1, 0.15) is 33.6 Å². The summed E-state index contributed by atoms with van der Waals surface area (Å²) < 4.78 is 18.5. The molecule has 0 aliphatic carbocycles. The molecule has 0 unspecified atom stereocenters. The molecule has 2 aliphatic heterocycles. The number of ether oxygens (including phenoxy) is 4. The minimum atomic E-state index is -0.934. The van der Waals surface area contributed by atoms with E-state index in [2.05, 4.69) is 4.74 Å². The highest BCUT2D eigenvalue weighted by molar-refractivity contribution is 8.01. The Hall–Kier alpha value is -1.97. The fraction of sp³-hybridized carbons (Fsp3) is 0.733. The Morgan fingerprint density at radius 1 is 1.24 bits per heavy atom. The van der Waals surface area contributed by atoms with Gasteiger partial charge in [0.15, 0.2) is 0 Å². The van der Waals surface area contributed by atoms with Crippen molar-refractivity contribution in [2.24, 2.45) is 0 Å². The van der Waals surface area contributed by atoms with E-state index >= 15 is 0 Å². The number of rotatable bonds is 7. The van der Waals surface area contributed by atoms with Crippen LogP contribution in [0.15, 0.2) is 0 Å². The second-order valence-corrected chi connectivity index (χ2v) is 7.61. The highest BCUT2D eigenvalue weighted by Crippen LogP contribution is 2.51. The summed E-state index contributed by atoms with van der Waals surface area (Å²) in [6, 6.07) is -0.918. The number of esters is 2. The first-order chi connectivity index (χ1) is 11.8. The predicted molar refractivity (Wildman–Crippen MR) is 85.4 cm³/mol. The van der Waals surface area contributed by atoms with Gasteiger partial charge in [-0.25, -0.2) is 9.59 Å². The molecule has 10 heteroatoms. The second kappa shape index (κ2) is 7.94. The summed E-state index contributed by atoms with van der Waals surface area (Å²) in [5.74, 6) is -1.37. The van der Waals surface area contributed by atoms with Gasteiger partial charge in [-0.3, -0.25) is 9.59 Å². The zero-order valence-electron chi connectivity index (χ0n) is 14.3. The van der Waals surface area contributed by atoms with Crippen LogP contribution in [0, 0.1) is 0 Å². The molecule has 0 aromatic carbocycles. The maximum Gasteiger partial charge on any atom is 0.511 e. The SMILES string of the molecule is CCCOC(=O)OCOC(=O)[C@@H]1N2C(=O)C[C@H]2S[C@@]1(C)COC(C)=O. The second-order valence-electron chi connectivity index (χ2n) is 5.90. The van der Waals surface area contributed by atoms with Gasteiger partial charge in [0.25, 0.3) is 0 Å². The zero-order chi connectivity index (χ0) is 18.6. The first-order valence-corrected chi connectivity index (χ1v) is 8.75. The van der Waals surface area contributed by atoms with Gasteiger partial charge in [-0.15, -0.1) is 11.8 Å². The Bertz CT molecular complexity index is 568. The first-order valence-electron chi connectivity index (χ1n) is 7.87. The molecule has 3 atom stereocenters. The van der Waals surface area contributed by atoms with E-state index in [0.717, 1.165) is 0 Å². The highest BCUT2D eigenvalue weighted by atomic mass is 32.2. The zero-order valence-corrected chi connectivity index (χ0v) is 15.1. The van der Waals surface area contributed by atoms with Gasteiger partial charge in [0, 0.05) is 6.92 Å². The summed E-state index contributed by atoms with van der Waals surface area (Å²) in [4.78, 5) is 48.0. The van der Waals surface area contributed by atoms with Gasteiger partial charge in [0.1, 0.15) is 12.6 Å². The van der Waals surface area contributed by atoms with Crippen molar-refractivity contribution in [1.29, 1.82) is 0 Å². The molecule has 0 radical (unpaired) electrons. The normalized spacial score (nSPS) is 27.2. The third-order valence-corrected chi connectivity index (χ3v) is 5.34. The van der Waals surface area contributed by atoms with Gasteiger partial charge in [-0.2, -0.15) is 0 Å². The number of fused-ring (bicyclic) bond motifs is 1. The number of nitrogens with zero attached hydrogens (tertiary/aromatic N) is 1. The van der Waals surface area contributed by atoms with Gasteiger partial charge in [-0.1, -0.05) is 6.92 Å². The molecule has 0 aromatic rings. The molecule has 2 heterocycles. The molecule has 0 saturated carbocycles. The number of carbonyl (C=O) groups excluding carboxylic acids is 4. The predicted octanol–water partition coefficient (Wildman–Crippen LogP) is 1.05. The van der Waals surface area contributed by atoms with E-state index in [1.807, 2.05) is 6.92 Å². The van der Waals surface area contributed by atoms with Crippen LogP contribution >= 0.6 is 11.8 Å². The Morgan fingerprint density at radius 3 is 2.56 bits per heavy atom. The molecular formula is C15H21NO8S. The van der Waals surface area contributed by atoms with Gasteiger partial charge >= 0.3 is 18.1 Å². The lowest BCUT2D eigenvalue weighted by Crippen LogP contribution is -2.58. The molecule has 2 aliphatic rings. The van der Waals surface area contributed by atoms with Crippen LogP contribution < -0.4 is 0 Å². The Morgan fingerprint density at radius 2 is 1.96 bits per heavy atom. The van der Waals surface area contributed by atoms with Crippen molar-refractivity contribution in [2.75, 3.05) is 20.0 Å². The van der Waals surface area contributed by atoms with Crippen LogP contribution in [-0.4, -0.2) is 65.1 Å². The average Bonchev–Trinajstić information content (AvgIpc) is 2.79. The Balaban J connectivity index is 1.95. The summed E-state index contributed by atoms with van der Waals surface area (Å²) in [7, 11) is 0. The molecule has 2 fully saturated rings. The van der Waals surface area contributed by atoms with Crippen LogP contribution in [0.25, 0.3) is 0 Å². The molecule has 0 aromatic heterocycles. The van der Waals surface area contributed by atoms with Crippen molar-refractivity contribution in [3.8, 4) is 0 Å². The minimum absolute atomic E-state index is 0.0353. The molecule has 0 bridgehead atoms. The fourth-order valence-corrected chi connectivity index (χ4v) is 4.31. The van der Waals surface area contributed by atoms with Crippen LogP contribution in [0.5, 0.6) is 0 Å². The largest absolute Gasteiger partial charge is 0.511 e. The number of amides is 1. The van der Waals surface area contributed by atoms with Gasteiger partial charge in [0.2, 0.25) is 12.7 Å². The van der Waals surface area contributed by atoms with Crippen LogP contribution in [-0.2, 0) is 33.3 Å². The van der Waals surface area contributed by atoms with E-state index in [1.54, 1.807) is 6.92 Å². The van der Waals surface area contributed by atoms with E-state index in [4.69, 9.17) is 14.2 Å². The lowest BCUT2D eigenvalue weighted by molar-refractivity contribution is -0.169.